The van der Waals surface area contributed by atoms with E-state index in [-0.39, 0.29) is 22.2 Å². The van der Waals surface area contributed by atoms with Crippen LogP contribution in [0.3, 0.4) is 0 Å². The zero-order valence-electron chi connectivity index (χ0n) is 14.4. The summed E-state index contributed by atoms with van der Waals surface area (Å²) in [6.45, 7) is 0. The van der Waals surface area contributed by atoms with Crippen molar-refractivity contribution < 1.29 is 18.0 Å². The maximum Gasteiger partial charge on any atom is 0.446 e. The van der Waals surface area contributed by atoms with Gasteiger partial charge in [0.25, 0.3) is 5.91 Å². The van der Waals surface area contributed by atoms with Gasteiger partial charge in [0.05, 0.1) is 22.1 Å². The van der Waals surface area contributed by atoms with E-state index in [0.717, 1.165) is 15.7 Å². The lowest BCUT2D eigenvalue weighted by Gasteiger charge is -2.11. The van der Waals surface area contributed by atoms with Crippen LogP contribution in [-0.4, -0.2) is 21.2 Å². The van der Waals surface area contributed by atoms with Crippen molar-refractivity contribution in [2.24, 2.45) is 7.05 Å². The normalized spacial score (nSPS) is 11.3. The number of halogens is 4. The van der Waals surface area contributed by atoms with Crippen molar-refractivity contribution in [1.82, 2.24) is 15.2 Å². The number of aryl methyl sites for hydroxylation is 1. The van der Waals surface area contributed by atoms with Crippen molar-refractivity contribution in [2.45, 2.75) is 10.4 Å². The molecule has 28 heavy (non-hydrogen) atoms. The smallest absolute Gasteiger partial charge is 0.298 e. The number of thioether (sulfide) groups is 1. The summed E-state index contributed by atoms with van der Waals surface area (Å²) in [6, 6.07) is 12.5. The minimum atomic E-state index is -4.36. The van der Waals surface area contributed by atoms with Crippen LogP contribution < -0.4 is 10.9 Å². The molecule has 0 aliphatic heterocycles. The maximum atomic E-state index is 12.4. The molecule has 0 fully saturated rings. The number of rotatable bonds is 5. The first-order valence-electron chi connectivity index (χ1n) is 7.93. The van der Waals surface area contributed by atoms with Gasteiger partial charge in [0.2, 0.25) is 0 Å². The van der Waals surface area contributed by atoms with E-state index >= 15 is 0 Å². The summed E-state index contributed by atoms with van der Waals surface area (Å²) in [5.41, 5.74) is 3.63. The summed E-state index contributed by atoms with van der Waals surface area (Å²) in [5, 5.41) is 4.17. The highest BCUT2D eigenvalue weighted by molar-refractivity contribution is 9.10. The van der Waals surface area contributed by atoms with E-state index in [1.54, 1.807) is 16.9 Å². The Hall–Kier alpha value is -2.46. The topological polar surface area (TPSA) is 59.0 Å². The van der Waals surface area contributed by atoms with Gasteiger partial charge in [-0.2, -0.15) is 18.3 Å². The minimum absolute atomic E-state index is 0.0199. The number of nitrogens with zero attached hydrogens (tertiary/aromatic N) is 2. The third-order valence-corrected chi connectivity index (χ3v) is 5.02. The van der Waals surface area contributed by atoms with Crippen LogP contribution in [0.4, 0.5) is 18.9 Å². The molecule has 0 unspecified atom stereocenters. The molecule has 1 amide bonds. The number of nitrogens with one attached hydrogen (secondary N) is 2. The van der Waals surface area contributed by atoms with Gasteiger partial charge in [-0.15, -0.1) is 0 Å². The highest BCUT2D eigenvalue weighted by Crippen LogP contribution is 2.36. The Bertz CT molecular complexity index is 970. The fourth-order valence-corrected chi connectivity index (χ4v) is 3.61. The Kier molecular flexibility index (Phi) is 5.99. The number of amides is 1. The third kappa shape index (κ3) is 5.08. The first-order valence-corrected chi connectivity index (χ1v) is 9.54. The molecule has 0 spiro atoms. The van der Waals surface area contributed by atoms with Gasteiger partial charge in [-0.05, 0) is 64.1 Å². The zero-order valence-corrected chi connectivity index (χ0v) is 16.8. The van der Waals surface area contributed by atoms with E-state index in [1.807, 2.05) is 25.2 Å². The van der Waals surface area contributed by atoms with Crippen LogP contribution in [0.5, 0.6) is 0 Å². The molecule has 0 radical (unpaired) electrons. The summed E-state index contributed by atoms with van der Waals surface area (Å²) in [7, 11) is 1.82. The van der Waals surface area contributed by atoms with Gasteiger partial charge in [-0.1, -0.05) is 12.1 Å². The number of hydrogen-bond acceptors (Lipinski definition) is 4. The minimum Gasteiger partial charge on any atom is -0.298 e. The highest BCUT2D eigenvalue weighted by atomic mass is 79.9. The summed E-state index contributed by atoms with van der Waals surface area (Å²) in [6.07, 6.45) is 1.69. The van der Waals surface area contributed by atoms with E-state index in [0.29, 0.717) is 5.69 Å². The SMILES string of the molecule is Cn1ncc(Br)c1-c1cccc(NNC(=O)c2ccc(SC(F)(F)F)cc2)c1. The Balaban J connectivity index is 1.66. The van der Waals surface area contributed by atoms with Crippen LogP contribution in [0.1, 0.15) is 10.4 Å². The van der Waals surface area contributed by atoms with Crippen LogP contribution in [-0.2, 0) is 7.05 Å². The maximum absolute atomic E-state index is 12.4. The molecule has 0 saturated carbocycles. The largest absolute Gasteiger partial charge is 0.446 e. The Morgan fingerprint density at radius 2 is 1.89 bits per heavy atom. The quantitative estimate of drug-likeness (QED) is 0.396. The fraction of sp³-hybridized carbons (Fsp3) is 0.111. The lowest BCUT2D eigenvalue weighted by Crippen LogP contribution is -2.29. The van der Waals surface area contributed by atoms with E-state index in [2.05, 4.69) is 31.9 Å². The number of anilines is 1. The average molecular weight is 471 g/mol. The van der Waals surface area contributed by atoms with Crippen LogP contribution >= 0.6 is 27.7 Å². The number of alkyl halides is 3. The number of benzene rings is 2. The van der Waals surface area contributed by atoms with Crippen LogP contribution in [0, 0.1) is 0 Å². The van der Waals surface area contributed by atoms with Gasteiger partial charge in [0.1, 0.15) is 0 Å². The molecule has 0 saturated heterocycles. The van der Waals surface area contributed by atoms with E-state index in [1.165, 1.54) is 24.3 Å². The lowest BCUT2D eigenvalue weighted by molar-refractivity contribution is -0.0328. The lowest BCUT2D eigenvalue weighted by atomic mass is 10.1. The molecule has 10 heteroatoms. The summed E-state index contributed by atoms with van der Waals surface area (Å²) in [4.78, 5) is 12.2. The van der Waals surface area contributed by atoms with Crippen LogP contribution in [0.25, 0.3) is 11.3 Å². The van der Waals surface area contributed by atoms with E-state index in [9.17, 15) is 18.0 Å². The molecule has 3 aromatic rings. The second-order valence-electron chi connectivity index (χ2n) is 5.70. The van der Waals surface area contributed by atoms with Gasteiger partial charge in [0, 0.05) is 23.1 Å². The number of aromatic nitrogens is 2. The van der Waals surface area contributed by atoms with Crippen molar-refractivity contribution in [3.8, 4) is 11.3 Å². The molecule has 0 bridgehead atoms. The summed E-state index contributed by atoms with van der Waals surface area (Å²) < 4.78 is 39.6. The molecule has 5 nitrogen and oxygen atoms in total. The van der Waals surface area contributed by atoms with Gasteiger partial charge in [0.15, 0.2) is 0 Å². The van der Waals surface area contributed by atoms with Crippen molar-refractivity contribution >= 4 is 39.3 Å². The molecule has 146 valence electrons. The molecule has 2 N–H and O–H groups in total. The zero-order chi connectivity index (χ0) is 20.3. The molecule has 1 aromatic heterocycles. The van der Waals surface area contributed by atoms with Crippen molar-refractivity contribution in [3.63, 3.8) is 0 Å². The Morgan fingerprint density at radius 3 is 2.50 bits per heavy atom. The molecule has 3 rings (SSSR count). The summed E-state index contributed by atoms with van der Waals surface area (Å²) in [5.74, 6) is -0.462. The molecule has 1 heterocycles. The summed E-state index contributed by atoms with van der Waals surface area (Å²) >= 11 is 3.23. The third-order valence-electron chi connectivity index (χ3n) is 3.70. The predicted molar refractivity (Wildman–Crippen MR) is 106 cm³/mol. The standard InChI is InChI=1S/C18H14BrF3N4OS/c1-26-16(15(19)10-23-26)12-3-2-4-13(9-12)24-25-17(27)11-5-7-14(8-6-11)28-18(20,21)22/h2-10,24H,1H3,(H,25,27). The fourth-order valence-electron chi connectivity index (χ4n) is 2.49. The number of carbonyl (C=O) groups is 1. The molecule has 0 aliphatic rings. The van der Waals surface area contributed by atoms with Crippen molar-refractivity contribution in [1.29, 1.82) is 0 Å². The predicted octanol–water partition coefficient (Wildman–Crippen LogP) is 5.22. The molecule has 2 aromatic carbocycles. The Labute approximate surface area is 171 Å². The second-order valence-corrected chi connectivity index (χ2v) is 7.69. The van der Waals surface area contributed by atoms with Gasteiger partial charge in [-0.25, -0.2) is 0 Å². The molecular weight excluding hydrogens is 457 g/mol. The number of hydrogen-bond donors (Lipinski definition) is 2. The highest BCUT2D eigenvalue weighted by Gasteiger charge is 2.29. The first kappa shape index (κ1) is 20.3. The molecule has 0 atom stereocenters. The number of hydrazine groups is 1. The second kappa shape index (κ2) is 8.27. The molecule has 0 aliphatic carbocycles. The van der Waals surface area contributed by atoms with Gasteiger partial charge in [-0.3, -0.25) is 20.3 Å². The van der Waals surface area contributed by atoms with E-state index < -0.39 is 11.4 Å². The Morgan fingerprint density at radius 1 is 1.18 bits per heavy atom. The van der Waals surface area contributed by atoms with Crippen LogP contribution in [0.2, 0.25) is 0 Å². The van der Waals surface area contributed by atoms with Gasteiger partial charge < -0.3 is 0 Å². The average Bonchev–Trinajstić information content (AvgIpc) is 2.97. The van der Waals surface area contributed by atoms with Gasteiger partial charge >= 0.3 is 5.51 Å². The van der Waals surface area contributed by atoms with Crippen molar-refractivity contribution in [2.75, 3.05) is 5.43 Å². The molecular formula is C18H14BrF3N4OS. The van der Waals surface area contributed by atoms with Crippen LogP contribution in [0.15, 0.2) is 64.1 Å². The van der Waals surface area contributed by atoms with E-state index in [4.69, 9.17) is 0 Å². The number of carbonyl (C=O) groups excluding carboxylic acids is 1. The van der Waals surface area contributed by atoms with Crippen molar-refractivity contribution in [3.05, 3.63) is 64.8 Å². The monoisotopic (exact) mass is 470 g/mol. The first-order chi connectivity index (χ1) is 13.2.